The van der Waals surface area contributed by atoms with Crippen LogP contribution >= 0.6 is 22.9 Å². The number of ether oxygens (including phenoxy) is 1. The molecular formula is C22H15ClF2N2O3S2. The molecule has 0 fully saturated rings. The number of aromatic nitrogens is 1. The molecule has 1 heterocycles. The molecule has 0 radical (unpaired) electrons. The van der Waals surface area contributed by atoms with E-state index in [0.717, 1.165) is 12.1 Å². The minimum atomic E-state index is -3.87. The van der Waals surface area contributed by atoms with Crippen LogP contribution in [0.15, 0.2) is 65.6 Å². The van der Waals surface area contributed by atoms with Crippen molar-refractivity contribution in [3.63, 3.8) is 0 Å². The van der Waals surface area contributed by atoms with Gasteiger partial charge in [0.1, 0.15) is 5.01 Å². The van der Waals surface area contributed by atoms with E-state index in [1.807, 2.05) is 0 Å². The molecule has 0 aliphatic carbocycles. The van der Waals surface area contributed by atoms with Gasteiger partial charge in [0.2, 0.25) is 10.0 Å². The smallest absolute Gasteiger partial charge is 0.238 e. The standard InChI is InChI=1S/C22H15ClF2N2O3S2/c1-30-20-17(24)10-13(11-18(20)25)19-21(12-6-8-14(9-7-12)32(26,28)29)31-22(27-19)15-4-2-3-5-16(15)23/h2-11H,1H3,(H2,26,28,29). The number of primary sulfonamides is 1. The van der Waals surface area contributed by atoms with Crippen molar-refractivity contribution in [2.24, 2.45) is 5.14 Å². The molecule has 2 N–H and O–H groups in total. The molecule has 0 saturated heterocycles. The number of nitrogens with zero attached hydrogens (tertiary/aromatic N) is 1. The van der Waals surface area contributed by atoms with E-state index in [9.17, 15) is 17.2 Å². The molecule has 3 aromatic carbocycles. The van der Waals surface area contributed by atoms with Crippen LogP contribution in [0.4, 0.5) is 8.78 Å². The van der Waals surface area contributed by atoms with Crippen LogP contribution in [-0.2, 0) is 10.0 Å². The molecule has 0 amide bonds. The molecule has 10 heteroatoms. The Hall–Kier alpha value is -2.85. The van der Waals surface area contributed by atoms with Gasteiger partial charge in [-0.15, -0.1) is 11.3 Å². The van der Waals surface area contributed by atoms with Gasteiger partial charge in [0.05, 0.1) is 27.6 Å². The number of halogens is 3. The third-order valence-electron chi connectivity index (χ3n) is 4.65. The summed E-state index contributed by atoms with van der Waals surface area (Å²) >= 11 is 7.58. The minimum Gasteiger partial charge on any atom is -0.491 e. The van der Waals surface area contributed by atoms with E-state index in [0.29, 0.717) is 31.7 Å². The lowest BCUT2D eigenvalue weighted by molar-refractivity contribution is 0.360. The summed E-state index contributed by atoms with van der Waals surface area (Å²) in [6.07, 6.45) is 0. The third-order valence-corrected chi connectivity index (χ3v) is 7.05. The predicted octanol–water partition coefficient (Wildman–Crippen LogP) is 5.73. The number of nitrogens with two attached hydrogens (primary N) is 1. The fraction of sp³-hybridized carbons (Fsp3) is 0.0455. The topological polar surface area (TPSA) is 82.3 Å². The van der Waals surface area contributed by atoms with Gasteiger partial charge in [-0.05, 0) is 35.9 Å². The van der Waals surface area contributed by atoms with Crippen molar-refractivity contribution in [3.8, 4) is 38.0 Å². The van der Waals surface area contributed by atoms with Crippen LogP contribution in [0.1, 0.15) is 0 Å². The van der Waals surface area contributed by atoms with Crippen molar-refractivity contribution < 1.29 is 21.9 Å². The largest absolute Gasteiger partial charge is 0.491 e. The van der Waals surface area contributed by atoms with Crippen molar-refractivity contribution in [3.05, 3.63) is 77.3 Å². The first-order valence-corrected chi connectivity index (χ1v) is 11.9. The van der Waals surface area contributed by atoms with Crippen molar-refractivity contribution in [2.45, 2.75) is 4.90 Å². The molecule has 0 aliphatic heterocycles. The molecular weight excluding hydrogens is 478 g/mol. The predicted molar refractivity (Wildman–Crippen MR) is 121 cm³/mol. The van der Waals surface area contributed by atoms with Crippen LogP contribution in [0.5, 0.6) is 5.75 Å². The maximum absolute atomic E-state index is 14.4. The monoisotopic (exact) mass is 492 g/mol. The molecule has 32 heavy (non-hydrogen) atoms. The highest BCUT2D eigenvalue weighted by Crippen LogP contribution is 2.43. The maximum Gasteiger partial charge on any atom is 0.238 e. The van der Waals surface area contributed by atoms with Gasteiger partial charge < -0.3 is 4.74 Å². The van der Waals surface area contributed by atoms with E-state index >= 15 is 0 Å². The van der Waals surface area contributed by atoms with Crippen LogP contribution in [0.25, 0.3) is 32.3 Å². The van der Waals surface area contributed by atoms with Crippen LogP contribution in [0.2, 0.25) is 5.02 Å². The van der Waals surface area contributed by atoms with Crippen LogP contribution < -0.4 is 9.88 Å². The average Bonchev–Trinajstić information content (AvgIpc) is 3.18. The summed E-state index contributed by atoms with van der Waals surface area (Å²) in [5.41, 5.74) is 1.76. The zero-order valence-corrected chi connectivity index (χ0v) is 18.9. The Bertz CT molecular complexity index is 1400. The number of hydrogen-bond donors (Lipinski definition) is 1. The lowest BCUT2D eigenvalue weighted by atomic mass is 10.1. The highest BCUT2D eigenvalue weighted by molar-refractivity contribution is 7.89. The van der Waals surface area contributed by atoms with Gasteiger partial charge in [0, 0.05) is 11.1 Å². The van der Waals surface area contributed by atoms with Crippen molar-refractivity contribution >= 4 is 33.0 Å². The van der Waals surface area contributed by atoms with Gasteiger partial charge in [-0.1, -0.05) is 41.9 Å². The Kier molecular flexibility index (Phi) is 6.00. The van der Waals surface area contributed by atoms with Crippen LogP contribution in [0, 0.1) is 11.6 Å². The summed E-state index contributed by atoms with van der Waals surface area (Å²) in [7, 11) is -2.69. The first-order chi connectivity index (χ1) is 15.2. The summed E-state index contributed by atoms with van der Waals surface area (Å²) in [5, 5.41) is 6.18. The summed E-state index contributed by atoms with van der Waals surface area (Å²) < 4.78 is 56.8. The number of methoxy groups -OCH3 is 1. The first-order valence-electron chi connectivity index (χ1n) is 9.11. The third kappa shape index (κ3) is 4.24. The summed E-state index contributed by atoms with van der Waals surface area (Å²) in [6, 6.07) is 15.2. The number of rotatable bonds is 5. The molecule has 5 nitrogen and oxygen atoms in total. The molecule has 1 aromatic heterocycles. The average molecular weight is 493 g/mol. The van der Waals surface area contributed by atoms with Crippen molar-refractivity contribution in [1.29, 1.82) is 0 Å². The van der Waals surface area contributed by atoms with E-state index in [1.165, 1.54) is 30.6 Å². The van der Waals surface area contributed by atoms with Gasteiger partial charge in [-0.25, -0.2) is 27.3 Å². The number of thiazole rings is 1. The number of benzene rings is 3. The molecule has 4 aromatic rings. The Balaban J connectivity index is 1.93. The normalized spacial score (nSPS) is 11.5. The van der Waals surface area contributed by atoms with Gasteiger partial charge in [0.15, 0.2) is 17.4 Å². The van der Waals surface area contributed by atoms with Gasteiger partial charge in [-0.2, -0.15) is 0 Å². The summed E-state index contributed by atoms with van der Waals surface area (Å²) in [5.74, 6) is -2.23. The Labute approximate surface area is 192 Å². The second kappa shape index (κ2) is 8.59. The zero-order chi connectivity index (χ0) is 23.0. The molecule has 0 unspecified atom stereocenters. The molecule has 0 atom stereocenters. The highest BCUT2D eigenvalue weighted by Gasteiger charge is 2.21. The molecule has 0 spiro atoms. The Morgan fingerprint density at radius 2 is 1.62 bits per heavy atom. The van der Waals surface area contributed by atoms with Gasteiger partial charge in [0.25, 0.3) is 0 Å². The molecule has 4 rings (SSSR count). The second-order valence-electron chi connectivity index (χ2n) is 6.72. The maximum atomic E-state index is 14.4. The van der Waals surface area contributed by atoms with E-state index in [2.05, 4.69) is 4.98 Å². The SMILES string of the molecule is COc1c(F)cc(-c2nc(-c3ccccc3Cl)sc2-c2ccc(S(N)(=O)=O)cc2)cc1F. The number of hydrogen-bond acceptors (Lipinski definition) is 5. The molecule has 0 saturated carbocycles. The fourth-order valence-corrected chi connectivity index (χ4v) is 5.08. The summed E-state index contributed by atoms with van der Waals surface area (Å²) in [4.78, 5) is 5.13. The molecule has 164 valence electrons. The summed E-state index contributed by atoms with van der Waals surface area (Å²) in [6.45, 7) is 0. The van der Waals surface area contributed by atoms with Crippen LogP contribution in [-0.4, -0.2) is 20.5 Å². The van der Waals surface area contributed by atoms with E-state index in [4.69, 9.17) is 21.5 Å². The van der Waals surface area contributed by atoms with Crippen molar-refractivity contribution in [2.75, 3.05) is 7.11 Å². The Morgan fingerprint density at radius 1 is 1.00 bits per heavy atom. The molecule has 0 aliphatic rings. The van der Waals surface area contributed by atoms with E-state index in [1.54, 1.807) is 36.4 Å². The lowest BCUT2D eigenvalue weighted by Crippen LogP contribution is -2.11. The number of sulfonamides is 1. The van der Waals surface area contributed by atoms with Gasteiger partial charge >= 0.3 is 0 Å². The van der Waals surface area contributed by atoms with Gasteiger partial charge in [-0.3, -0.25) is 0 Å². The quantitative estimate of drug-likeness (QED) is 0.385. The van der Waals surface area contributed by atoms with Crippen molar-refractivity contribution in [1.82, 2.24) is 4.98 Å². The minimum absolute atomic E-state index is 0.0554. The fourth-order valence-electron chi connectivity index (χ4n) is 3.15. The Morgan fingerprint density at radius 3 is 2.19 bits per heavy atom. The van der Waals surface area contributed by atoms with E-state index < -0.39 is 27.4 Å². The van der Waals surface area contributed by atoms with E-state index in [-0.39, 0.29) is 10.5 Å². The second-order valence-corrected chi connectivity index (χ2v) is 9.69. The first kappa shape index (κ1) is 22.3. The van der Waals surface area contributed by atoms with Crippen LogP contribution in [0.3, 0.4) is 0 Å². The molecule has 0 bridgehead atoms. The lowest BCUT2D eigenvalue weighted by Gasteiger charge is -2.08. The highest BCUT2D eigenvalue weighted by atomic mass is 35.5. The zero-order valence-electron chi connectivity index (χ0n) is 16.5.